The normalized spacial score (nSPS) is 15.0. The molecule has 1 aliphatic heterocycles. The van der Waals surface area contributed by atoms with Crippen molar-refractivity contribution in [3.05, 3.63) is 11.1 Å². The Labute approximate surface area is 129 Å². The van der Waals surface area contributed by atoms with Crippen LogP contribution in [-0.2, 0) is 16.0 Å². The molecule has 2 rings (SSSR count). The lowest BCUT2D eigenvalue weighted by molar-refractivity contribution is -0.120. The average molecular weight is 309 g/mol. The number of amides is 2. The molecule has 0 unspecified atom stereocenters. The molecule has 6 heteroatoms. The summed E-state index contributed by atoms with van der Waals surface area (Å²) in [6.07, 6.45) is 3.92. The van der Waals surface area contributed by atoms with Crippen molar-refractivity contribution < 1.29 is 9.59 Å². The second-order valence-corrected chi connectivity index (χ2v) is 6.67. The first-order valence-electron chi connectivity index (χ1n) is 7.57. The van der Waals surface area contributed by atoms with Crippen LogP contribution >= 0.6 is 11.3 Å². The second-order valence-electron chi connectivity index (χ2n) is 5.83. The minimum atomic E-state index is 0.00311. The molecule has 2 amide bonds. The molecule has 1 aromatic rings. The zero-order valence-corrected chi connectivity index (χ0v) is 13.5. The third-order valence-electron chi connectivity index (χ3n) is 3.47. The van der Waals surface area contributed by atoms with Crippen molar-refractivity contribution in [2.24, 2.45) is 5.92 Å². The number of anilines is 1. The highest BCUT2D eigenvalue weighted by molar-refractivity contribution is 7.14. The van der Waals surface area contributed by atoms with E-state index in [1.165, 1.54) is 11.3 Å². The lowest BCUT2D eigenvalue weighted by Gasteiger charge is -2.10. The lowest BCUT2D eigenvalue weighted by Crippen LogP contribution is -2.26. The van der Waals surface area contributed by atoms with Crippen LogP contribution in [0.4, 0.5) is 5.13 Å². The van der Waals surface area contributed by atoms with Gasteiger partial charge >= 0.3 is 0 Å². The third-order valence-corrected chi connectivity index (χ3v) is 4.38. The van der Waals surface area contributed by atoms with Crippen molar-refractivity contribution in [1.29, 1.82) is 0 Å². The van der Waals surface area contributed by atoms with E-state index in [0.717, 1.165) is 43.2 Å². The van der Waals surface area contributed by atoms with Crippen LogP contribution in [0.25, 0.3) is 0 Å². The van der Waals surface area contributed by atoms with Gasteiger partial charge in [-0.1, -0.05) is 13.8 Å². The third kappa shape index (κ3) is 4.81. The number of nitrogens with one attached hydrogen (secondary N) is 1. The van der Waals surface area contributed by atoms with Crippen molar-refractivity contribution in [2.45, 2.75) is 46.0 Å². The maximum Gasteiger partial charge on any atom is 0.228 e. The number of nitrogens with zero attached hydrogens (tertiary/aromatic N) is 2. The summed E-state index contributed by atoms with van der Waals surface area (Å²) in [7, 11) is 0. The summed E-state index contributed by atoms with van der Waals surface area (Å²) in [4.78, 5) is 29.6. The van der Waals surface area contributed by atoms with Gasteiger partial charge < -0.3 is 5.32 Å². The zero-order valence-electron chi connectivity index (χ0n) is 12.7. The van der Waals surface area contributed by atoms with Crippen LogP contribution in [-0.4, -0.2) is 29.9 Å². The predicted octanol–water partition coefficient (Wildman–Crippen LogP) is 2.36. The second kappa shape index (κ2) is 7.54. The molecular formula is C15H23N3O2S. The fourth-order valence-corrected chi connectivity index (χ4v) is 3.18. The molecule has 1 N–H and O–H groups in total. The van der Waals surface area contributed by atoms with Gasteiger partial charge in [0, 0.05) is 24.9 Å². The van der Waals surface area contributed by atoms with E-state index in [0.29, 0.717) is 18.8 Å². The molecule has 21 heavy (non-hydrogen) atoms. The molecule has 2 heterocycles. The van der Waals surface area contributed by atoms with Gasteiger partial charge in [-0.05, 0) is 25.2 Å². The molecular weight excluding hydrogens is 286 g/mol. The molecule has 1 fully saturated rings. The highest BCUT2D eigenvalue weighted by Gasteiger charge is 2.24. The molecule has 0 aliphatic carbocycles. The van der Waals surface area contributed by atoms with Crippen LogP contribution in [0.3, 0.4) is 0 Å². The Morgan fingerprint density at radius 1 is 1.52 bits per heavy atom. The summed E-state index contributed by atoms with van der Waals surface area (Å²) in [6.45, 7) is 5.82. The number of hydrogen-bond donors (Lipinski definition) is 1. The van der Waals surface area contributed by atoms with E-state index >= 15 is 0 Å². The zero-order chi connectivity index (χ0) is 15.2. The number of carbonyl (C=O) groups excluding carboxylic acids is 2. The van der Waals surface area contributed by atoms with E-state index in [4.69, 9.17) is 0 Å². The Kier molecular flexibility index (Phi) is 5.73. The number of thiazole rings is 1. The Bertz CT molecular complexity index is 499. The summed E-state index contributed by atoms with van der Waals surface area (Å²) in [6, 6.07) is 0. The van der Waals surface area contributed by atoms with Gasteiger partial charge in [-0.15, -0.1) is 11.3 Å². The Morgan fingerprint density at radius 3 is 3.00 bits per heavy atom. The van der Waals surface area contributed by atoms with Crippen LogP contribution < -0.4 is 10.2 Å². The molecule has 1 aromatic heterocycles. The minimum Gasteiger partial charge on any atom is -0.356 e. The quantitative estimate of drug-likeness (QED) is 0.787. The SMILES string of the molecule is CC(C)CCCNC(=O)Cc1csc(N2CCCC2=O)n1. The number of carbonyl (C=O) groups is 2. The smallest absolute Gasteiger partial charge is 0.228 e. The van der Waals surface area contributed by atoms with Crippen LogP contribution in [0.15, 0.2) is 5.38 Å². The summed E-state index contributed by atoms with van der Waals surface area (Å²) >= 11 is 1.44. The van der Waals surface area contributed by atoms with Crippen LogP contribution in [0.1, 0.15) is 45.2 Å². The number of hydrogen-bond acceptors (Lipinski definition) is 4. The summed E-state index contributed by atoms with van der Waals surface area (Å²) in [5.74, 6) is 0.804. The Hall–Kier alpha value is -1.43. The van der Waals surface area contributed by atoms with Crippen molar-refractivity contribution in [2.75, 3.05) is 18.0 Å². The van der Waals surface area contributed by atoms with E-state index in [-0.39, 0.29) is 11.8 Å². The molecule has 0 radical (unpaired) electrons. The molecule has 0 atom stereocenters. The van der Waals surface area contributed by atoms with Gasteiger partial charge in [0.25, 0.3) is 0 Å². The van der Waals surface area contributed by atoms with Gasteiger partial charge in [0.05, 0.1) is 12.1 Å². The van der Waals surface area contributed by atoms with E-state index in [1.807, 2.05) is 5.38 Å². The fourth-order valence-electron chi connectivity index (χ4n) is 2.32. The standard InChI is InChI=1S/C15H23N3O2S/c1-11(2)5-3-7-16-13(19)9-12-10-21-15(17-12)18-8-4-6-14(18)20/h10-11H,3-9H2,1-2H3,(H,16,19). The summed E-state index contributed by atoms with van der Waals surface area (Å²) in [5, 5.41) is 5.51. The highest BCUT2D eigenvalue weighted by atomic mass is 32.1. The molecule has 0 bridgehead atoms. The van der Waals surface area contributed by atoms with Crippen molar-refractivity contribution in [3.63, 3.8) is 0 Å². The van der Waals surface area contributed by atoms with E-state index < -0.39 is 0 Å². The number of aromatic nitrogens is 1. The van der Waals surface area contributed by atoms with Gasteiger partial charge in [0.1, 0.15) is 0 Å². The molecule has 1 saturated heterocycles. The number of rotatable bonds is 7. The fraction of sp³-hybridized carbons (Fsp3) is 0.667. The van der Waals surface area contributed by atoms with E-state index in [1.54, 1.807) is 4.90 Å². The molecule has 0 aromatic carbocycles. The first-order valence-corrected chi connectivity index (χ1v) is 8.45. The van der Waals surface area contributed by atoms with Crippen LogP contribution in [0.2, 0.25) is 0 Å². The monoisotopic (exact) mass is 309 g/mol. The van der Waals surface area contributed by atoms with Gasteiger partial charge in [-0.2, -0.15) is 0 Å². The van der Waals surface area contributed by atoms with Crippen molar-refractivity contribution >= 4 is 28.3 Å². The lowest BCUT2D eigenvalue weighted by atomic mass is 10.1. The van der Waals surface area contributed by atoms with Gasteiger partial charge in [-0.3, -0.25) is 14.5 Å². The predicted molar refractivity (Wildman–Crippen MR) is 84.5 cm³/mol. The van der Waals surface area contributed by atoms with Crippen molar-refractivity contribution in [3.8, 4) is 0 Å². The molecule has 5 nitrogen and oxygen atoms in total. The Balaban J connectivity index is 1.77. The topological polar surface area (TPSA) is 62.3 Å². The van der Waals surface area contributed by atoms with Gasteiger partial charge in [0.15, 0.2) is 5.13 Å². The highest BCUT2D eigenvalue weighted by Crippen LogP contribution is 2.25. The molecule has 1 aliphatic rings. The summed E-state index contributed by atoms with van der Waals surface area (Å²) < 4.78 is 0. The minimum absolute atomic E-state index is 0.00311. The summed E-state index contributed by atoms with van der Waals surface area (Å²) in [5.41, 5.74) is 0.746. The van der Waals surface area contributed by atoms with Gasteiger partial charge in [-0.25, -0.2) is 4.98 Å². The van der Waals surface area contributed by atoms with Crippen molar-refractivity contribution in [1.82, 2.24) is 10.3 Å². The maximum absolute atomic E-state index is 11.8. The molecule has 116 valence electrons. The first kappa shape index (κ1) is 15.9. The van der Waals surface area contributed by atoms with Gasteiger partial charge in [0.2, 0.25) is 11.8 Å². The maximum atomic E-state index is 11.8. The largest absolute Gasteiger partial charge is 0.356 e. The van der Waals surface area contributed by atoms with Crippen LogP contribution in [0, 0.1) is 5.92 Å². The molecule has 0 saturated carbocycles. The first-order chi connectivity index (χ1) is 10.1. The Morgan fingerprint density at radius 2 is 2.33 bits per heavy atom. The molecule has 0 spiro atoms. The van der Waals surface area contributed by atoms with E-state index in [2.05, 4.69) is 24.1 Å². The van der Waals surface area contributed by atoms with E-state index in [9.17, 15) is 9.59 Å². The van der Waals surface area contributed by atoms with Crippen LogP contribution in [0.5, 0.6) is 0 Å². The average Bonchev–Trinajstić information content (AvgIpc) is 3.03.